The van der Waals surface area contributed by atoms with Gasteiger partial charge in [0.05, 0.1) is 7.11 Å². The molecular formula is C12H20N4OS. The quantitative estimate of drug-likeness (QED) is 0.460. The van der Waals surface area contributed by atoms with Crippen LogP contribution in [0, 0.1) is 0 Å². The smallest absolute Gasteiger partial charge is 0.218 e. The minimum absolute atomic E-state index is 0.635. The molecule has 5 nitrogen and oxygen atoms in total. The Morgan fingerprint density at radius 1 is 1.50 bits per heavy atom. The van der Waals surface area contributed by atoms with Crippen LogP contribution in [0.15, 0.2) is 23.3 Å². The average molecular weight is 268 g/mol. The van der Waals surface area contributed by atoms with Crippen LogP contribution in [0.2, 0.25) is 0 Å². The third kappa shape index (κ3) is 4.83. The molecule has 0 unspecified atom stereocenters. The summed E-state index contributed by atoms with van der Waals surface area (Å²) in [7, 11) is 3.38. The molecule has 1 heterocycles. The van der Waals surface area contributed by atoms with Gasteiger partial charge in [0.1, 0.15) is 0 Å². The van der Waals surface area contributed by atoms with E-state index in [1.54, 1.807) is 32.1 Å². The van der Waals surface area contributed by atoms with Gasteiger partial charge in [0.15, 0.2) is 5.96 Å². The van der Waals surface area contributed by atoms with Crippen molar-refractivity contribution in [1.82, 2.24) is 15.6 Å². The Kier molecular flexibility index (Phi) is 7.01. The van der Waals surface area contributed by atoms with Crippen molar-refractivity contribution in [2.24, 2.45) is 4.99 Å². The van der Waals surface area contributed by atoms with Crippen LogP contribution in [0.5, 0.6) is 5.88 Å². The number of pyridine rings is 1. The molecule has 0 saturated heterocycles. The van der Waals surface area contributed by atoms with E-state index in [2.05, 4.69) is 26.9 Å². The monoisotopic (exact) mass is 268 g/mol. The Bertz CT molecular complexity index is 384. The fourth-order valence-electron chi connectivity index (χ4n) is 1.41. The lowest BCUT2D eigenvalue weighted by molar-refractivity contribution is 0.392. The number of aromatic nitrogens is 1. The van der Waals surface area contributed by atoms with Crippen molar-refractivity contribution in [1.29, 1.82) is 0 Å². The highest BCUT2D eigenvalue weighted by Crippen LogP contribution is 2.12. The number of nitrogens with zero attached hydrogens (tertiary/aromatic N) is 2. The molecule has 0 spiro atoms. The maximum Gasteiger partial charge on any atom is 0.218 e. The first-order valence-corrected chi connectivity index (χ1v) is 7.12. The number of methoxy groups -OCH3 is 1. The first-order chi connectivity index (χ1) is 8.81. The molecule has 0 atom stereocenters. The van der Waals surface area contributed by atoms with E-state index in [1.807, 2.05) is 12.1 Å². The summed E-state index contributed by atoms with van der Waals surface area (Å²) < 4.78 is 5.20. The molecule has 18 heavy (non-hydrogen) atoms. The predicted molar refractivity (Wildman–Crippen MR) is 77.4 cm³/mol. The second-order valence-corrected chi connectivity index (χ2v) is 4.50. The van der Waals surface area contributed by atoms with Crippen molar-refractivity contribution < 1.29 is 4.74 Å². The zero-order valence-electron chi connectivity index (χ0n) is 11.1. The minimum Gasteiger partial charge on any atom is -0.481 e. The Morgan fingerprint density at radius 2 is 2.33 bits per heavy atom. The van der Waals surface area contributed by atoms with Gasteiger partial charge < -0.3 is 15.4 Å². The van der Waals surface area contributed by atoms with Crippen molar-refractivity contribution in [3.63, 3.8) is 0 Å². The highest BCUT2D eigenvalue weighted by molar-refractivity contribution is 7.98. The lowest BCUT2D eigenvalue weighted by Crippen LogP contribution is -2.38. The molecule has 0 aliphatic rings. The van der Waals surface area contributed by atoms with Crippen LogP contribution in [-0.2, 0) is 6.54 Å². The molecule has 0 bridgehead atoms. The van der Waals surface area contributed by atoms with Crippen LogP contribution in [-0.4, -0.2) is 43.7 Å². The number of guanidine groups is 1. The Labute approximate surface area is 112 Å². The van der Waals surface area contributed by atoms with Crippen LogP contribution < -0.4 is 15.4 Å². The SMILES string of the molecule is CN=C(NCCSC)NCc1cccnc1OC. The van der Waals surface area contributed by atoms with Crippen LogP contribution in [0.3, 0.4) is 0 Å². The van der Waals surface area contributed by atoms with E-state index in [0.717, 1.165) is 23.8 Å². The largest absolute Gasteiger partial charge is 0.481 e. The fraction of sp³-hybridized carbons (Fsp3) is 0.500. The second kappa shape index (κ2) is 8.63. The van der Waals surface area contributed by atoms with E-state index in [4.69, 9.17) is 4.74 Å². The number of hydrogen-bond acceptors (Lipinski definition) is 4. The van der Waals surface area contributed by atoms with Crippen molar-refractivity contribution in [3.8, 4) is 5.88 Å². The molecule has 6 heteroatoms. The molecule has 0 radical (unpaired) electrons. The van der Waals surface area contributed by atoms with Crippen LogP contribution in [0.1, 0.15) is 5.56 Å². The molecule has 1 rings (SSSR count). The summed E-state index contributed by atoms with van der Waals surface area (Å²) in [6.07, 6.45) is 3.80. The number of thioether (sulfide) groups is 1. The van der Waals surface area contributed by atoms with E-state index in [1.165, 1.54) is 0 Å². The number of aliphatic imine (C=N–C) groups is 1. The van der Waals surface area contributed by atoms with Gasteiger partial charge in [-0.1, -0.05) is 6.07 Å². The molecule has 0 amide bonds. The highest BCUT2D eigenvalue weighted by atomic mass is 32.2. The lowest BCUT2D eigenvalue weighted by Gasteiger charge is -2.12. The summed E-state index contributed by atoms with van der Waals surface area (Å²) in [5, 5.41) is 6.46. The molecule has 0 saturated carbocycles. The lowest BCUT2D eigenvalue weighted by atomic mass is 10.3. The van der Waals surface area contributed by atoms with Crippen LogP contribution in [0.4, 0.5) is 0 Å². The average Bonchev–Trinajstić information content (AvgIpc) is 2.43. The summed E-state index contributed by atoms with van der Waals surface area (Å²) in [6.45, 7) is 1.53. The van der Waals surface area contributed by atoms with E-state index in [9.17, 15) is 0 Å². The van der Waals surface area contributed by atoms with E-state index >= 15 is 0 Å². The second-order valence-electron chi connectivity index (χ2n) is 3.52. The van der Waals surface area contributed by atoms with Gasteiger partial charge in [-0.25, -0.2) is 4.98 Å². The number of ether oxygens (including phenoxy) is 1. The van der Waals surface area contributed by atoms with Gasteiger partial charge in [0, 0.05) is 37.7 Å². The number of hydrogen-bond donors (Lipinski definition) is 2. The van der Waals surface area contributed by atoms with Crippen LogP contribution in [0.25, 0.3) is 0 Å². The summed E-state index contributed by atoms with van der Waals surface area (Å²) in [5.74, 6) is 2.48. The molecule has 0 aliphatic heterocycles. The van der Waals surface area contributed by atoms with E-state index in [-0.39, 0.29) is 0 Å². The topological polar surface area (TPSA) is 58.5 Å². The summed E-state index contributed by atoms with van der Waals surface area (Å²) in [6, 6.07) is 3.87. The van der Waals surface area contributed by atoms with Crippen molar-refractivity contribution in [2.75, 3.05) is 32.7 Å². The van der Waals surface area contributed by atoms with Crippen molar-refractivity contribution in [3.05, 3.63) is 23.9 Å². The number of nitrogens with one attached hydrogen (secondary N) is 2. The molecule has 1 aromatic heterocycles. The van der Waals surface area contributed by atoms with Crippen molar-refractivity contribution in [2.45, 2.75) is 6.54 Å². The molecule has 0 aliphatic carbocycles. The predicted octanol–water partition coefficient (Wildman–Crippen LogP) is 1.12. The third-order valence-electron chi connectivity index (χ3n) is 2.31. The Morgan fingerprint density at radius 3 is 3.00 bits per heavy atom. The molecule has 100 valence electrons. The molecular weight excluding hydrogens is 248 g/mol. The normalized spacial score (nSPS) is 11.2. The van der Waals surface area contributed by atoms with Gasteiger partial charge in [0.2, 0.25) is 5.88 Å². The zero-order valence-corrected chi connectivity index (χ0v) is 11.9. The summed E-state index contributed by atoms with van der Waals surface area (Å²) >= 11 is 1.80. The molecule has 0 fully saturated rings. The Balaban J connectivity index is 2.47. The van der Waals surface area contributed by atoms with Crippen molar-refractivity contribution >= 4 is 17.7 Å². The fourth-order valence-corrected chi connectivity index (χ4v) is 1.72. The van der Waals surface area contributed by atoms with Gasteiger partial charge in [-0.15, -0.1) is 0 Å². The third-order valence-corrected chi connectivity index (χ3v) is 2.92. The first kappa shape index (κ1) is 14.6. The molecule has 2 N–H and O–H groups in total. The zero-order chi connectivity index (χ0) is 13.2. The maximum absolute atomic E-state index is 5.20. The maximum atomic E-state index is 5.20. The van der Waals surface area contributed by atoms with Gasteiger partial charge >= 0.3 is 0 Å². The molecule has 1 aromatic rings. The summed E-state index contributed by atoms with van der Waals surface area (Å²) in [4.78, 5) is 8.30. The van der Waals surface area contributed by atoms with Gasteiger partial charge in [-0.2, -0.15) is 11.8 Å². The van der Waals surface area contributed by atoms with Gasteiger partial charge in [0.25, 0.3) is 0 Å². The Hall–Kier alpha value is -1.43. The standard InChI is InChI=1S/C12H20N4OS/c1-13-12(15-7-8-18-3)16-9-10-5-4-6-14-11(10)17-2/h4-6H,7-9H2,1-3H3,(H2,13,15,16). The highest BCUT2D eigenvalue weighted by Gasteiger charge is 2.04. The summed E-state index contributed by atoms with van der Waals surface area (Å²) in [5.41, 5.74) is 1.01. The van der Waals surface area contributed by atoms with Crippen LogP contribution >= 0.6 is 11.8 Å². The first-order valence-electron chi connectivity index (χ1n) is 5.73. The number of rotatable bonds is 6. The van der Waals surface area contributed by atoms with E-state index in [0.29, 0.717) is 12.4 Å². The van der Waals surface area contributed by atoms with Gasteiger partial charge in [-0.05, 0) is 12.3 Å². The van der Waals surface area contributed by atoms with Gasteiger partial charge in [-0.3, -0.25) is 4.99 Å². The minimum atomic E-state index is 0.635. The molecule has 0 aromatic carbocycles. The van der Waals surface area contributed by atoms with E-state index < -0.39 is 0 Å².